The third-order valence-electron chi connectivity index (χ3n) is 2.13. The molecule has 0 aliphatic rings. The molecule has 0 aromatic heterocycles. The van der Waals surface area contributed by atoms with Crippen LogP contribution in [0.15, 0.2) is 0 Å². The van der Waals surface area contributed by atoms with Crippen LogP contribution in [0, 0.1) is 11.8 Å². The molecule has 0 bridgehead atoms. The molecule has 0 rings (SSSR count). The Morgan fingerprint density at radius 1 is 0.923 bits per heavy atom. The summed E-state index contributed by atoms with van der Waals surface area (Å²) in [6.07, 6.45) is 4.11. The summed E-state index contributed by atoms with van der Waals surface area (Å²) in [5.41, 5.74) is 0. The smallest absolute Gasteiger partial charge is 0.0549 e. The zero-order valence-electron chi connectivity index (χ0n) is 9.97. The molecule has 0 saturated heterocycles. The second kappa shape index (κ2) is 7.37. The lowest BCUT2D eigenvalue weighted by molar-refractivity contribution is 0.0483. The minimum Gasteiger partial charge on any atom is -0.378 e. The van der Waals surface area contributed by atoms with Crippen LogP contribution in [0.3, 0.4) is 0 Å². The Kier molecular flexibility index (Phi) is 7.35. The summed E-state index contributed by atoms with van der Waals surface area (Å²) >= 11 is 0. The summed E-state index contributed by atoms with van der Waals surface area (Å²) in [7, 11) is 0. The molecule has 1 nitrogen and oxygen atoms in total. The summed E-state index contributed by atoms with van der Waals surface area (Å²) < 4.78 is 5.70. The van der Waals surface area contributed by atoms with Gasteiger partial charge in [0.15, 0.2) is 0 Å². The summed E-state index contributed by atoms with van der Waals surface area (Å²) in [4.78, 5) is 0. The zero-order chi connectivity index (χ0) is 10.3. The van der Waals surface area contributed by atoms with E-state index in [0.717, 1.165) is 18.4 Å². The van der Waals surface area contributed by atoms with Crippen molar-refractivity contribution in [3.05, 3.63) is 0 Å². The lowest BCUT2D eigenvalue weighted by atomic mass is 10.1. The first-order valence-electron chi connectivity index (χ1n) is 5.64. The van der Waals surface area contributed by atoms with Gasteiger partial charge in [-0.1, -0.05) is 27.7 Å². The normalized spacial score (nSPS) is 14.1. The van der Waals surface area contributed by atoms with Gasteiger partial charge < -0.3 is 4.74 Å². The van der Waals surface area contributed by atoms with Gasteiger partial charge in [-0.25, -0.2) is 0 Å². The molecule has 0 N–H and O–H groups in total. The van der Waals surface area contributed by atoms with Crippen LogP contribution in [0.2, 0.25) is 0 Å². The molecule has 80 valence electrons. The van der Waals surface area contributed by atoms with E-state index in [9.17, 15) is 0 Å². The van der Waals surface area contributed by atoms with E-state index in [1.165, 1.54) is 19.3 Å². The van der Waals surface area contributed by atoms with Crippen molar-refractivity contribution in [3.8, 4) is 0 Å². The van der Waals surface area contributed by atoms with Crippen molar-refractivity contribution in [2.24, 2.45) is 11.8 Å². The molecule has 0 amide bonds. The minimum atomic E-state index is 0.437. The van der Waals surface area contributed by atoms with Crippen molar-refractivity contribution in [1.82, 2.24) is 0 Å². The highest BCUT2D eigenvalue weighted by atomic mass is 16.5. The van der Waals surface area contributed by atoms with Crippen molar-refractivity contribution in [2.75, 3.05) is 6.61 Å². The van der Waals surface area contributed by atoms with E-state index in [0.29, 0.717) is 6.10 Å². The van der Waals surface area contributed by atoms with Crippen LogP contribution in [0.1, 0.15) is 53.9 Å². The third-order valence-corrected chi connectivity index (χ3v) is 2.13. The van der Waals surface area contributed by atoms with Crippen LogP contribution in [-0.4, -0.2) is 12.7 Å². The fourth-order valence-corrected chi connectivity index (χ4v) is 1.51. The maximum atomic E-state index is 5.70. The minimum absolute atomic E-state index is 0.437. The lowest BCUT2D eigenvalue weighted by Crippen LogP contribution is -2.12. The first-order valence-corrected chi connectivity index (χ1v) is 5.64. The van der Waals surface area contributed by atoms with Crippen LogP contribution < -0.4 is 0 Å². The Balaban J connectivity index is 3.22. The highest BCUT2D eigenvalue weighted by molar-refractivity contribution is 4.54. The first-order chi connectivity index (χ1) is 6.02. The molecule has 0 aliphatic carbocycles. The summed E-state index contributed by atoms with van der Waals surface area (Å²) in [5, 5.41) is 0. The van der Waals surface area contributed by atoms with Gasteiger partial charge in [0.25, 0.3) is 0 Å². The largest absolute Gasteiger partial charge is 0.378 e. The van der Waals surface area contributed by atoms with E-state index in [1.54, 1.807) is 0 Å². The molecule has 0 fully saturated rings. The van der Waals surface area contributed by atoms with Gasteiger partial charge in [0.1, 0.15) is 0 Å². The van der Waals surface area contributed by atoms with Gasteiger partial charge in [0.05, 0.1) is 6.10 Å². The monoisotopic (exact) mass is 186 g/mol. The fourth-order valence-electron chi connectivity index (χ4n) is 1.51. The van der Waals surface area contributed by atoms with Crippen LogP contribution in [0.25, 0.3) is 0 Å². The van der Waals surface area contributed by atoms with Crippen molar-refractivity contribution in [2.45, 2.75) is 60.0 Å². The van der Waals surface area contributed by atoms with Crippen molar-refractivity contribution < 1.29 is 4.74 Å². The molecular formula is C12H26O. The molecule has 13 heavy (non-hydrogen) atoms. The van der Waals surface area contributed by atoms with Gasteiger partial charge in [-0.05, 0) is 38.0 Å². The molecule has 1 unspecified atom stereocenters. The van der Waals surface area contributed by atoms with E-state index in [1.807, 2.05) is 0 Å². The van der Waals surface area contributed by atoms with E-state index in [4.69, 9.17) is 4.74 Å². The first kappa shape index (κ1) is 13.0. The maximum Gasteiger partial charge on any atom is 0.0549 e. The molecule has 0 aromatic carbocycles. The number of hydrogen-bond acceptors (Lipinski definition) is 1. The Bertz CT molecular complexity index is 108. The van der Waals surface area contributed by atoms with Gasteiger partial charge >= 0.3 is 0 Å². The molecule has 0 aliphatic heterocycles. The van der Waals surface area contributed by atoms with Crippen LogP contribution in [0.4, 0.5) is 0 Å². The maximum absolute atomic E-state index is 5.70. The summed E-state index contributed by atoms with van der Waals surface area (Å²) in [5.74, 6) is 1.56. The van der Waals surface area contributed by atoms with Crippen molar-refractivity contribution >= 4 is 0 Å². The Labute approximate surface area is 83.9 Å². The van der Waals surface area contributed by atoms with E-state index in [-0.39, 0.29) is 0 Å². The molecule has 1 heteroatoms. The van der Waals surface area contributed by atoms with Crippen molar-refractivity contribution in [1.29, 1.82) is 0 Å². The van der Waals surface area contributed by atoms with Gasteiger partial charge in [0, 0.05) is 6.61 Å². The van der Waals surface area contributed by atoms with Crippen LogP contribution >= 0.6 is 0 Å². The van der Waals surface area contributed by atoms with Gasteiger partial charge in [0.2, 0.25) is 0 Å². The van der Waals surface area contributed by atoms with Crippen LogP contribution in [-0.2, 0) is 4.74 Å². The molecule has 0 radical (unpaired) electrons. The average Bonchev–Trinajstić information content (AvgIpc) is 1.96. The lowest BCUT2D eigenvalue weighted by Gasteiger charge is -2.15. The fraction of sp³-hybridized carbons (Fsp3) is 1.00. The predicted octanol–water partition coefficient (Wildman–Crippen LogP) is 3.87. The highest BCUT2D eigenvalue weighted by Gasteiger charge is 2.04. The number of ether oxygens (including phenoxy) is 1. The van der Waals surface area contributed by atoms with E-state index in [2.05, 4.69) is 34.6 Å². The van der Waals surface area contributed by atoms with Gasteiger partial charge in [-0.2, -0.15) is 0 Å². The van der Waals surface area contributed by atoms with Gasteiger partial charge in [-0.15, -0.1) is 0 Å². The molecule has 0 saturated carbocycles. The van der Waals surface area contributed by atoms with Gasteiger partial charge in [-0.3, -0.25) is 0 Å². The second-order valence-corrected chi connectivity index (χ2v) is 4.85. The molecule has 0 aromatic rings. The molecule has 0 heterocycles. The quantitative estimate of drug-likeness (QED) is 0.548. The van der Waals surface area contributed by atoms with Crippen LogP contribution in [0.5, 0.6) is 0 Å². The highest BCUT2D eigenvalue weighted by Crippen LogP contribution is 2.09. The van der Waals surface area contributed by atoms with E-state index < -0.39 is 0 Å². The number of rotatable bonds is 7. The summed E-state index contributed by atoms with van der Waals surface area (Å²) in [6, 6.07) is 0. The topological polar surface area (TPSA) is 9.23 Å². The SMILES string of the molecule is CC(C)CCCOC(C)CC(C)C. The number of hydrogen-bond donors (Lipinski definition) is 0. The average molecular weight is 186 g/mol. The standard InChI is InChI=1S/C12H26O/c1-10(2)7-6-8-13-12(5)9-11(3)4/h10-12H,6-9H2,1-5H3. The molecule has 1 atom stereocenters. The van der Waals surface area contributed by atoms with E-state index >= 15 is 0 Å². The third kappa shape index (κ3) is 9.88. The predicted molar refractivity (Wildman–Crippen MR) is 58.9 cm³/mol. The Morgan fingerprint density at radius 3 is 2.00 bits per heavy atom. The van der Waals surface area contributed by atoms with Crippen molar-refractivity contribution in [3.63, 3.8) is 0 Å². The Morgan fingerprint density at radius 2 is 1.54 bits per heavy atom. The second-order valence-electron chi connectivity index (χ2n) is 4.85. The molecular weight excluding hydrogens is 160 g/mol. The Hall–Kier alpha value is -0.0400. The molecule has 0 spiro atoms. The zero-order valence-corrected chi connectivity index (χ0v) is 9.97. The summed E-state index contributed by atoms with van der Waals surface area (Å²) in [6.45, 7) is 12.1.